The number of carbonyl (C=O) groups excluding carboxylic acids is 1. The highest BCUT2D eigenvalue weighted by Gasteiger charge is 2.18. The molecular formula is C16H19N3O3. The summed E-state index contributed by atoms with van der Waals surface area (Å²) < 4.78 is 12.9. The number of carbonyl (C=O) groups is 1. The summed E-state index contributed by atoms with van der Waals surface area (Å²) in [5, 5.41) is 4.22. The second kappa shape index (κ2) is 6.09. The molecule has 0 saturated carbocycles. The van der Waals surface area contributed by atoms with E-state index in [0.717, 1.165) is 12.2 Å². The summed E-state index contributed by atoms with van der Waals surface area (Å²) in [4.78, 5) is 14.2. The van der Waals surface area contributed by atoms with Gasteiger partial charge in [0.1, 0.15) is 13.2 Å². The Kier molecular flexibility index (Phi) is 4.00. The summed E-state index contributed by atoms with van der Waals surface area (Å²) in [5.74, 6) is 1.26. The number of aryl methyl sites for hydroxylation is 1. The van der Waals surface area contributed by atoms with Gasteiger partial charge < -0.3 is 14.4 Å². The molecule has 0 atom stereocenters. The summed E-state index contributed by atoms with van der Waals surface area (Å²) in [6.45, 7) is 4.38. The minimum Gasteiger partial charge on any atom is -0.486 e. The van der Waals surface area contributed by atoms with Gasteiger partial charge >= 0.3 is 0 Å². The van der Waals surface area contributed by atoms with Crippen molar-refractivity contribution in [2.24, 2.45) is 0 Å². The average molecular weight is 301 g/mol. The van der Waals surface area contributed by atoms with Gasteiger partial charge in [-0.05, 0) is 31.2 Å². The number of nitrogens with zero attached hydrogens (tertiary/aromatic N) is 3. The van der Waals surface area contributed by atoms with E-state index >= 15 is 0 Å². The van der Waals surface area contributed by atoms with Crippen LogP contribution in [0.15, 0.2) is 30.5 Å². The van der Waals surface area contributed by atoms with Gasteiger partial charge in [0, 0.05) is 25.4 Å². The number of hydrogen-bond donors (Lipinski definition) is 0. The van der Waals surface area contributed by atoms with Gasteiger partial charge in [-0.1, -0.05) is 0 Å². The van der Waals surface area contributed by atoms with Crippen LogP contribution >= 0.6 is 0 Å². The van der Waals surface area contributed by atoms with Crippen molar-refractivity contribution in [3.05, 3.63) is 41.7 Å². The van der Waals surface area contributed by atoms with E-state index in [0.29, 0.717) is 36.8 Å². The van der Waals surface area contributed by atoms with Crippen molar-refractivity contribution in [2.75, 3.05) is 20.3 Å². The highest BCUT2D eigenvalue weighted by atomic mass is 16.6. The third-order valence-corrected chi connectivity index (χ3v) is 3.64. The summed E-state index contributed by atoms with van der Waals surface area (Å²) in [7, 11) is 1.78. The van der Waals surface area contributed by atoms with Crippen LogP contribution < -0.4 is 9.47 Å². The number of ether oxygens (including phenoxy) is 2. The molecule has 2 heterocycles. The maximum absolute atomic E-state index is 12.6. The molecule has 0 N–H and O–H groups in total. The van der Waals surface area contributed by atoms with Gasteiger partial charge in [0.15, 0.2) is 11.5 Å². The number of rotatable bonds is 4. The van der Waals surface area contributed by atoms with Gasteiger partial charge in [-0.2, -0.15) is 5.10 Å². The number of benzene rings is 1. The molecule has 1 aromatic heterocycles. The molecule has 1 aliphatic rings. The van der Waals surface area contributed by atoms with E-state index in [2.05, 4.69) is 5.10 Å². The van der Waals surface area contributed by atoms with E-state index < -0.39 is 0 Å². The molecule has 0 saturated heterocycles. The van der Waals surface area contributed by atoms with Crippen LogP contribution in [0.1, 0.15) is 23.0 Å². The first-order valence-electron chi connectivity index (χ1n) is 7.35. The van der Waals surface area contributed by atoms with E-state index in [1.54, 1.807) is 36.3 Å². The van der Waals surface area contributed by atoms with Crippen LogP contribution in [0.2, 0.25) is 0 Å². The SMILES string of the molecule is CCn1nccc1CN(C)C(=O)c1ccc2c(c1)OCCO2. The first kappa shape index (κ1) is 14.4. The zero-order valence-corrected chi connectivity index (χ0v) is 12.8. The lowest BCUT2D eigenvalue weighted by molar-refractivity contribution is 0.0780. The lowest BCUT2D eigenvalue weighted by Crippen LogP contribution is -2.27. The lowest BCUT2D eigenvalue weighted by atomic mass is 10.1. The Morgan fingerprint density at radius 2 is 2.05 bits per heavy atom. The molecule has 0 unspecified atom stereocenters. The van der Waals surface area contributed by atoms with Crippen LogP contribution in [-0.4, -0.2) is 40.8 Å². The second-order valence-electron chi connectivity index (χ2n) is 5.16. The molecule has 0 fully saturated rings. The Bertz CT molecular complexity index is 681. The van der Waals surface area contributed by atoms with Gasteiger partial charge in [0.05, 0.1) is 12.2 Å². The van der Waals surface area contributed by atoms with E-state index in [1.807, 2.05) is 17.7 Å². The van der Waals surface area contributed by atoms with Crippen LogP contribution in [0, 0.1) is 0 Å². The minimum absolute atomic E-state index is 0.0548. The summed E-state index contributed by atoms with van der Waals surface area (Å²) in [5.41, 5.74) is 1.60. The zero-order chi connectivity index (χ0) is 15.5. The van der Waals surface area contributed by atoms with Crippen molar-refractivity contribution in [1.82, 2.24) is 14.7 Å². The molecule has 116 valence electrons. The molecule has 6 heteroatoms. The summed E-state index contributed by atoms with van der Waals surface area (Å²) >= 11 is 0. The van der Waals surface area contributed by atoms with Gasteiger partial charge in [0.2, 0.25) is 0 Å². The third kappa shape index (κ3) is 2.77. The van der Waals surface area contributed by atoms with Crippen molar-refractivity contribution >= 4 is 5.91 Å². The molecule has 1 aromatic carbocycles. The molecular weight excluding hydrogens is 282 g/mol. The van der Waals surface area contributed by atoms with Crippen LogP contribution in [-0.2, 0) is 13.1 Å². The van der Waals surface area contributed by atoms with Crippen molar-refractivity contribution in [3.63, 3.8) is 0 Å². The molecule has 1 aliphatic heterocycles. The van der Waals surface area contributed by atoms with Crippen LogP contribution in [0.5, 0.6) is 11.5 Å². The van der Waals surface area contributed by atoms with Gasteiger partial charge in [-0.25, -0.2) is 0 Å². The minimum atomic E-state index is -0.0548. The van der Waals surface area contributed by atoms with E-state index in [9.17, 15) is 4.79 Å². The van der Waals surface area contributed by atoms with Crippen molar-refractivity contribution < 1.29 is 14.3 Å². The topological polar surface area (TPSA) is 56.6 Å². The zero-order valence-electron chi connectivity index (χ0n) is 12.8. The van der Waals surface area contributed by atoms with Crippen molar-refractivity contribution in [1.29, 1.82) is 0 Å². The molecule has 0 radical (unpaired) electrons. The average Bonchev–Trinajstić information content (AvgIpc) is 3.00. The highest BCUT2D eigenvalue weighted by Crippen LogP contribution is 2.31. The number of fused-ring (bicyclic) bond motifs is 1. The Morgan fingerprint density at radius 3 is 2.82 bits per heavy atom. The summed E-state index contributed by atoms with van der Waals surface area (Å²) in [6, 6.07) is 7.22. The normalized spacial score (nSPS) is 13.0. The first-order chi connectivity index (χ1) is 10.7. The highest BCUT2D eigenvalue weighted by molar-refractivity contribution is 5.94. The standard InChI is InChI=1S/C16H19N3O3/c1-3-19-13(6-7-17-19)11-18(2)16(20)12-4-5-14-15(10-12)22-9-8-21-14/h4-7,10H,3,8-9,11H2,1-2H3. The Balaban J connectivity index is 1.75. The Hall–Kier alpha value is -2.50. The Morgan fingerprint density at radius 1 is 1.27 bits per heavy atom. The molecule has 22 heavy (non-hydrogen) atoms. The maximum atomic E-state index is 12.6. The number of hydrogen-bond acceptors (Lipinski definition) is 4. The smallest absolute Gasteiger partial charge is 0.254 e. The van der Waals surface area contributed by atoms with E-state index in [1.165, 1.54) is 0 Å². The fourth-order valence-electron chi connectivity index (χ4n) is 2.49. The molecule has 0 spiro atoms. The number of aromatic nitrogens is 2. The van der Waals surface area contributed by atoms with Crippen molar-refractivity contribution in [2.45, 2.75) is 20.0 Å². The third-order valence-electron chi connectivity index (χ3n) is 3.64. The van der Waals surface area contributed by atoms with Gasteiger partial charge in [0.25, 0.3) is 5.91 Å². The Labute approximate surface area is 129 Å². The largest absolute Gasteiger partial charge is 0.486 e. The maximum Gasteiger partial charge on any atom is 0.254 e. The first-order valence-corrected chi connectivity index (χ1v) is 7.35. The van der Waals surface area contributed by atoms with Crippen LogP contribution in [0.4, 0.5) is 0 Å². The molecule has 0 bridgehead atoms. The molecule has 1 amide bonds. The van der Waals surface area contributed by atoms with Crippen LogP contribution in [0.25, 0.3) is 0 Å². The van der Waals surface area contributed by atoms with Crippen molar-refractivity contribution in [3.8, 4) is 11.5 Å². The molecule has 0 aliphatic carbocycles. The lowest BCUT2D eigenvalue weighted by Gasteiger charge is -2.21. The predicted octanol–water partition coefficient (Wildman–Crippen LogP) is 1.95. The van der Waals surface area contributed by atoms with Gasteiger partial charge in [-0.15, -0.1) is 0 Å². The monoisotopic (exact) mass is 301 g/mol. The quantitative estimate of drug-likeness (QED) is 0.866. The van der Waals surface area contributed by atoms with E-state index in [-0.39, 0.29) is 5.91 Å². The molecule has 3 rings (SSSR count). The second-order valence-corrected chi connectivity index (χ2v) is 5.16. The number of amides is 1. The fraction of sp³-hybridized carbons (Fsp3) is 0.375. The van der Waals surface area contributed by atoms with Gasteiger partial charge in [-0.3, -0.25) is 9.48 Å². The van der Waals surface area contributed by atoms with Crippen LogP contribution in [0.3, 0.4) is 0 Å². The fourth-order valence-corrected chi connectivity index (χ4v) is 2.49. The predicted molar refractivity (Wildman–Crippen MR) is 81.1 cm³/mol. The van der Waals surface area contributed by atoms with E-state index in [4.69, 9.17) is 9.47 Å². The summed E-state index contributed by atoms with van der Waals surface area (Å²) in [6.07, 6.45) is 1.75. The molecule has 2 aromatic rings. The molecule has 6 nitrogen and oxygen atoms in total.